The minimum Gasteiger partial charge on any atom is -0.497 e. The Kier molecular flexibility index (Phi) is 6.62. The van der Waals surface area contributed by atoms with Crippen LogP contribution in [0.25, 0.3) is 22.3 Å². The number of carboxylic acid groups (broad SMARTS) is 1. The molecule has 1 aromatic heterocycles. The third-order valence-electron chi connectivity index (χ3n) is 4.60. The fourth-order valence-electron chi connectivity index (χ4n) is 3.08. The summed E-state index contributed by atoms with van der Waals surface area (Å²) >= 11 is 0. The van der Waals surface area contributed by atoms with Crippen LogP contribution < -0.4 is 4.74 Å². The Hall–Kier alpha value is -3.52. The van der Waals surface area contributed by atoms with Crippen LogP contribution in [-0.2, 0) is 7.05 Å². The molecule has 0 aliphatic heterocycles. The number of nitriles is 1. The van der Waals surface area contributed by atoms with E-state index >= 15 is 0 Å². The second-order valence-electron chi connectivity index (χ2n) is 5.97. The fraction of sp³-hybridized carbons (Fsp3) is 0.217. The maximum Gasteiger partial charge on any atom is 0.353 e. The Morgan fingerprint density at radius 1 is 1.00 bits per heavy atom. The lowest BCUT2D eigenvalue weighted by Crippen LogP contribution is -2.06. The van der Waals surface area contributed by atoms with E-state index in [0.29, 0.717) is 22.4 Å². The van der Waals surface area contributed by atoms with Gasteiger partial charge in [-0.05, 0) is 35.7 Å². The smallest absolute Gasteiger partial charge is 0.353 e. The molecule has 0 fully saturated rings. The summed E-state index contributed by atoms with van der Waals surface area (Å²) < 4.78 is 6.72. The van der Waals surface area contributed by atoms with E-state index in [0.717, 1.165) is 16.9 Å². The van der Waals surface area contributed by atoms with Crippen molar-refractivity contribution in [2.45, 2.75) is 20.8 Å². The Balaban J connectivity index is 0.00000136. The van der Waals surface area contributed by atoms with Crippen molar-refractivity contribution in [2.75, 3.05) is 7.11 Å². The first-order valence-electron chi connectivity index (χ1n) is 9.05. The zero-order valence-corrected chi connectivity index (χ0v) is 16.8. The van der Waals surface area contributed by atoms with Gasteiger partial charge in [0, 0.05) is 18.3 Å². The highest BCUT2D eigenvalue weighted by molar-refractivity contribution is 5.97. The van der Waals surface area contributed by atoms with E-state index in [1.54, 1.807) is 25.6 Å². The number of hydrogen-bond donors (Lipinski definition) is 1. The second kappa shape index (κ2) is 8.92. The summed E-state index contributed by atoms with van der Waals surface area (Å²) in [5, 5.41) is 19.1. The molecule has 0 amide bonds. The maximum atomic E-state index is 11.7. The van der Waals surface area contributed by atoms with Crippen LogP contribution in [0.1, 0.15) is 35.6 Å². The molecule has 1 N–H and O–H groups in total. The van der Waals surface area contributed by atoms with Crippen LogP contribution in [0.3, 0.4) is 0 Å². The maximum absolute atomic E-state index is 11.7. The molecule has 0 saturated heterocycles. The molecule has 0 radical (unpaired) electrons. The van der Waals surface area contributed by atoms with Crippen molar-refractivity contribution in [2.24, 2.45) is 7.05 Å². The van der Waals surface area contributed by atoms with Gasteiger partial charge in [-0.15, -0.1) is 0 Å². The molecule has 1 heterocycles. The second-order valence-corrected chi connectivity index (χ2v) is 5.97. The van der Waals surface area contributed by atoms with Crippen LogP contribution in [-0.4, -0.2) is 22.8 Å². The first-order valence-corrected chi connectivity index (χ1v) is 9.05. The van der Waals surface area contributed by atoms with E-state index < -0.39 is 5.97 Å². The normalized spacial score (nSPS) is 9.86. The Labute approximate surface area is 165 Å². The van der Waals surface area contributed by atoms with Crippen molar-refractivity contribution < 1.29 is 14.6 Å². The van der Waals surface area contributed by atoms with Gasteiger partial charge in [0.2, 0.25) is 0 Å². The lowest BCUT2D eigenvalue weighted by Gasteiger charge is -2.07. The number of nitrogens with zero attached hydrogens (tertiary/aromatic N) is 2. The molecule has 0 unspecified atom stereocenters. The summed E-state index contributed by atoms with van der Waals surface area (Å²) in [5.41, 5.74) is 4.35. The molecular formula is C23H24N2O3. The molecule has 144 valence electrons. The average molecular weight is 376 g/mol. The summed E-state index contributed by atoms with van der Waals surface area (Å²) in [6, 6.07) is 17.4. The van der Waals surface area contributed by atoms with Crippen LogP contribution in [0.4, 0.5) is 0 Å². The quantitative estimate of drug-likeness (QED) is 0.673. The van der Waals surface area contributed by atoms with Gasteiger partial charge in [-0.2, -0.15) is 5.26 Å². The molecule has 3 aromatic rings. The number of benzene rings is 2. The van der Waals surface area contributed by atoms with Gasteiger partial charge in [-0.1, -0.05) is 50.2 Å². The van der Waals surface area contributed by atoms with Crippen molar-refractivity contribution in [3.05, 3.63) is 65.5 Å². The van der Waals surface area contributed by atoms with Gasteiger partial charge in [0.25, 0.3) is 0 Å². The molecule has 0 saturated carbocycles. The first-order chi connectivity index (χ1) is 13.5. The standard InChI is InChI=1S/C21H18N2O3.C2H6/c1-13-18(12-22)19(20(21(24)25)23(13)2)16-6-4-14(5-7-16)15-8-10-17(26-3)11-9-15;1-2/h4-11H,1-3H3,(H,24,25);1-2H3. The van der Waals surface area contributed by atoms with E-state index in [9.17, 15) is 15.2 Å². The molecule has 0 atom stereocenters. The van der Waals surface area contributed by atoms with E-state index in [1.165, 1.54) is 0 Å². The van der Waals surface area contributed by atoms with E-state index in [1.807, 2.05) is 62.4 Å². The molecule has 5 nitrogen and oxygen atoms in total. The fourth-order valence-corrected chi connectivity index (χ4v) is 3.08. The summed E-state index contributed by atoms with van der Waals surface area (Å²) in [7, 11) is 3.29. The van der Waals surface area contributed by atoms with Crippen LogP contribution >= 0.6 is 0 Å². The molecule has 0 spiro atoms. The monoisotopic (exact) mass is 376 g/mol. The van der Waals surface area contributed by atoms with Crippen molar-refractivity contribution in [3.63, 3.8) is 0 Å². The van der Waals surface area contributed by atoms with Crippen LogP contribution in [0.2, 0.25) is 0 Å². The lowest BCUT2D eigenvalue weighted by atomic mass is 9.97. The highest BCUT2D eigenvalue weighted by Gasteiger charge is 2.24. The lowest BCUT2D eigenvalue weighted by molar-refractivity contribution is 0.0687. The van der Waals surface area contributed by atoms with E-state index in [2.05, 4.69) is 6.07 Å². The Morgan fingerprint density at radius 2 is 1.46 bits per heavy atom. The van der Waals surface area contributed by atoms with Crippen LogP contribution in [0.15, 0.2) is 48.5 Å². The predicted molar refractivity (Wildman–Crippen MR) is 111 cm³/mol. The van der Waals surface area contributed by atoms with Crippen molar-refractivity contribution in [1.82, 2.24) is 4.57 Å². The number of rotatable bonds is 4. The van der Waals surface area contributed by atoms with E-state index in [-0.39, 0.29) is 5.69 Å². The van der Waals surface area contributed by atoms with Crippen molar-refractivity contribution in [3.8, 4) is 34.1 Å². The molecule has 0 aliphatic rings. The number of ether oxygens (including phenoxy) is 1. The van der Waals surface area contributed by atoms with Gasteiger partial charge in [0.1, 0.15) is 17.5 Å². The summed E-state index contributed by atoms with van der Waals surface area (Å²) in [4.78, 5) is 11.7. The number of aromatic carboxylic acids is 1. The van der Waals surface area contributed by atoms with Crippen LogP contribution in [0.5, 0.6) is 5.75 Å². The predicted octanol–water partition coefficient (Wildman–Crippen LogP) is 5.27. The van der Waals surface area contributed by atoms with Gasteiger partial charge in [-0.25, -0.2) is 4.79 Å². The minimum absolute atomic E-state index is 0.122. The Bertz CT molecular complexity index is 1010. The third-order valence-corrected chi connectivity index (χ3v) is 4.60. The molecule has 3 rings (SSSR count). The third kappa shape index (κ3) is 3.77. The molecule has 0 bridgehead atoms. The first kappa shape index (κ1) is 20.8. The van der Waals surface area contributed by atoms with Crippen LogP contribution in [0, 0.1) is 18.3 Å². The molecular weight excluding hydrogens is 352 g/mol. The highest BCUT2D eigenvalue weighted by atomic mass is 16.5. The van der Waals surface area contributed by atoms with Gasteiger partial charge in [0.05, 0.1) is 12.7 Å². The minimum atomic E-state index is -1.05. The zero-order chi connectivity index (χ0) is 20.8. The van der Waals surface area contributed by atoms with Crippen molar-refractivity contribution >= 4 is 5.97 Å². The molecule has 28 heavy (non-hydrogen) atoms. The van der Waals surface area contributed by atoms with Gasteiger partial charge in [-0.3, -0.25) is 0 Å². The summed E-state index contributed by atoms with van der Waals surface area (Å²) in [5.74, 6) is -0.263. The molecule has 2 aromatic carbocycles. The summed E-state index contributed by atoms with van der Waals surface area (Å²) in [6.45, 7) is 5.75. The SMILES string of the molecule is CC.COc1ccc(-c2ccc(-c3c(C#N)c(C)n(C)c3C(=O)O)cc2)cc1. The van der Waals surface area contributed by atoms with Gasteiger partial charge < -0.3 is 14.4 Å². The number of hydrogen-bond acceptors (Lipinski definition) is 3. The van der Waals surface area contributed by atoms with Gasteiger partial charge >= 0.3 is 5.97 Å². The zero-order valence-electron chi connectivity index (χ0n) is 16.8. The summed E-state index contributed by atoms with van der Waals surface area (Å²) in [6.07, 6.45) is 0. The molecule has 0 aliphatic carbocycles. The molecule has 5 heteroatoms. The number of carbonyl (C=O) groups is 1. The number of aromatic nitrogens is 1. The largest absolute Gasteiger partial charge is 0.497 e. The Morgan fingerprint density at radius 3 is 1.89 bits per heavy atom. The number of methoxy groups -OCH3 is 1. The van der Waals surface area contributed by atoms with E-state index in [4.69, 9.17) is 4.74 Å². The average Bonchev–Trinajstić information content (AvgIpc) is 3.00. The van der Waals surface area contributed by atoms with Gasteiger partial charge in [0.15, 0.2) is 0 Å². The van der Waals surface area contributed by atoms with Crippen molar-refractivity contribution in [1.29, 1.82) is 5.26 Å². The topological polar surface area (TPSA) is 75.2 Å². The number of carboxylic acids is 1. The highest BCUT2D eigenvalue weighted by Crippen LogP contribution is 2.33.